The number of nitrogen functional groups attached to an aromatic ring is 1. The summed E-state index contributed by atoms with van der Waals surface area (Å²) in [5, 5.41) is 0. The lowest BCUT2D eigenvalue weighted by molar-refractivity contribution is 0.218. The molecule has 0 amide bonds. The van der Waals surface area contributed by atoms with Crippen molar-refractivity contribution in [2.24, 2.45) is 0 Å². The van der Waals surface area contributed by atoms with Crippen molar-refractivity contribution in [3.63, 3.8) is 0 Å². The van der Waals surface area contributed by atoms with E-state index in [2.05, 4.69) is 11.9 Å². The van der Waals surface area contributed by atoms with Crippen LogP contribution in [0.1, 0.15) is 25.8 Å². The van der Waals surface area contributed by atoms with Gasteiger partial charge in [0.1, 0.15) is 0 Å². The van der Waals surface area contributed by atoms with Gasteiger partial charge < -0.3 is 10.5 Å². The van der Waals surface area contributed by atoms with Crippen LogP contribution >= 0.6 is 0 Å². The van der Waals surface area contributed by atoms with Crippen LogP contribution in [0.15, 0.2) is 12.3 Å². The first-order chi connectivity index (χ1) is 6.13. The third-order valence-corrected chi connectivity index (χ3v) is 1.92. The molecular formula is C10H16N2O. The van der Waals surface area contributed by atoms with Gasteiger partial charge in [0.25, 0.3) is 0 Å². The standard InChI is InChI=1S/C10H16N2O/c1-4-8(3)13-9-5-7(2)6-12-10(9)11/h5-6,8H,4H2,1-3H3,(H2,11,12). The maximum absolute atomic E-state index is 5.66. The smallest absolute Gasteiger partial charge is 0.166 e. The molecule has 0 saturated heterocycles. The normalized spacial score (nSPS) is 12.5. The van der Waals surface area contributed by atoms with Crippen LogP contribution < -0.4 is 10.5 Å². The highest BCUT2D eigenvalue weighted by Crippen LogP contribution is 2.21. The molecule has 1 unspecified atom stereocenters. The second kappa shape index (κ2) is 4.12. The molecule has 0 aromatic carbocycles. The molecule has 13 heavy (non-hydrogen) atoms. The summed E-state index contributed by atoms with van der Waals surface area (Å²) < 4.78 is 5.59. The summed E-state index contributed by atoms with van der Waals surface area (Å²) in [5.74, 6) is 1.15. The lowest BCUT2D eigenvalue weighted by atomic mass is 10.3. The Morgan fingerprint density at radius 2 is 2.31 bits per heavy atom. The van der Waals surface area contributed by atoms with Crippen LogP contribution in [-0.4, -0.2) is 11.1 Å². The van der Waals surface area contributed by atoms with Crippen LogP contribution in [0.3, 0.4) is 0 Å². The Morgan fingerprint density at radius 3 is 2.92 bits per heavy atom. The zero-order valence-electron chi connectivity index (χ0n) is 8.37. The van der Waals surface area contributed by atoms with Gasteiger partial charge in [-0.3, -0.25) is 0 Å². The fourth-order valence-electron chi connectivity index (χ4n) is 0.947. The van der Waals surface area contributed by atoms with Crippen LogP contribution in [-0.2, 0) is 0 Å². The van der Waals surface area contributed by atoms with Gasteiger partial charge in [0.2, 0.25) is 0 Å². The van der Waals surface area contributed by atoms with E-state index in [1.54, 1.807) is 6.20 Å². The number of ether oxygens (including phenoxy) is 1. The van der Waals surface area contributed by atoms with Crippen LogP contribution in [0.2, 0.25) is 0 Å². The Morgan fingerprint density at radius 1 is 1.62 bits per heavy atom. The predicted octanol–water partition coefficient (Wildman–Crippen LogP) is 2.15. The van der Waals surface area contributed by atoms with Crippen LogP contribution in [0, 0.1) is 6.92 Å². The molecule has 0 fully saturated rings. The second-order valence-corrected chi connectivity index (χ2v) is 3.23. The minimum Gasteiger partial charge on any atom is -0.487 e. The summed E-state index contributed by atoms with van der Waals surface area (Å²) in [4.78, 5) is 4.02. The molecule has 3 heteroatoms. The molecular weight excluding hydrogens is 164 g/mol. The zero-order valence-corrected chi connectivity index (χ0v) is 8.37. The number of aryl methyl sites for hydroxylation is 1. The fourth-order valence-corrected chi connectivity index (χ4v) is 0.947. The van der Waals surface area contributed by atoms with Gasteiger partial charge in [-0.2, -0.15) is 0 Å². The van der Waals surface area contributed by atoms with Gasteiger partial charge in [0.05, 0.1) is 6.10 Å². The molecule has 0 aliphatic carbocycles. The average Bonchev–Trinajstić information content (AvgIpc) is 2.11. The SMILES string of the molecule is CCC(C)Oc1cc(C)cnc1N. The van der Waals surface area contributed by atoms with E-state index in [0.717, 1.165) is 12.0 Å². The topological polar surface area (TPSA) is 48.1 Å². The summed E-state index contributed by atoms with van der Waals surface area (Å²) in [5.41, 5.74) is 6.72. The second-order valence-electron chi connectivity index (χ2n) is 3.23. The van der Waals surface area contributed by atoms with Crippen molar-refractivity contribution in [3.05, 3.63) is 17.8 Å². The number of rotatable bonds is 3. The molecule has 3 nitrogen and oxygen atoms in total. The first-order valence-corrected chi connectivity index (χ1v) is 4.52. The van der Waals surface area contributed by atoms with E-state index in [1.807, 2.05) is 19.9 Å². The van der Waals surface area contributed by atoms with Gasteiger partial charge in [-0.25, -0.2) is 4.98 Å². The van der Waals surface area contributed by atoms with Gasteiger partial charge in [-0.05, 0) is 31.9 Å². The molecule has 2 N–H and O–H groups in total. The molecule has 0 radical (unpaired) electrons. The zero-order chi connectivity index (χ0) is 9.84. The summed E-state index contributed by atoms with van der Waals surface area (Å²) >= 11 is 0. The minimum atomic E-state index is 0.186. The molecule has 0 bridgehead atoms. The number of aromatic nitrogens is 1. The number of nitrogens with two attached hydrogens (primary N) is 1. The monoisotopic (exact) mass is 180 g/mol. The molecule has 0 aliphatic heterocycles. The predicted molar refractivity (Wildman–Crippen MR) is 53.8 cm³/mol. The van der Waals surface area contributed by atoms with Gasteiger partial charge in [0.15, 0.2) is 11.6 Å². The molecule has 1 aromatic heterocycles. The Bertz CT molecular complexity index is 286. The molecule has 0 saturated carbocycles. The molecule has 1 rings (SSSR count). The largest absolute Gasteiger partial charge is 0.487 e. The first-order valence-electron chi connectivity index (χ1n) is 4.52. The van der Waals surface area contributed by atoms with Gasteiger partial charge in [0, 0.05) is 6.20 Å². The van der Waals surface area contributed by atoms with E-state index in [0.29, 0.717) is 11.6 Å². The maximum atomic E-state index is 5.66. The van der Waals surface area contributed by atoms with Crippen LogP contribution in [0.4, 0.5) is 5.82 Å². The number of pyridine rings is 1. The highest BCUT2D eigenvalue weighted by molar-refractivity contribution is 5.46. The van der Waals surface area contributed by atoms with Crippen molar-refractivity contribution >= 4 is 5.82 Å². The van der Waals surface area contributed by atoms with Gasteiger partial charge in [-0.15, -0.1) is 0 Å². The molecule has 1 atom stereocenters. The highest BCUT2D eigenvalue weighted by atomic mass is 16.5. The van der Waals surface area contributed by atoms with E-state index in [-0.39, 0.29) is 6.10 Å². The van der Waals surface area contributed by atoms with E-state index in [4.69, 9.17) is 10.5 Å². The minimum absolute atomic E-state index is 0.186. The molecule has 0 spiro atoms. The summed E-state index contributed by atoms with van der Waals surface area (Å²) in [7, 11) is 0. The van der Waals surface area contributed by atoms with Crippen molar-refractivity contribution in [2.45, 2.75) is 33.3 Å². The lowest BCUT2D eigenvalue weighted by Gasteiger charge is -2.13. The van der Waals surface area contributed by atoms with Gasteiger partial charge >= 0.3 is 0 Å². The van der Waals surface area contributed by atoms with Crippen molar-refractivity contribution in [1.82, 2.24) is 4.98 Å². The van der Waals surface area contributed by atoms with Crippen molar-refractivity contribution < 1.29 is 4.74 Å². The Hall–Kier alpha value is -1.25. The summed E-state index contributed by atoms with van der Waals surface area (Å²) in [6, 6.07) is 1.91. The fraction of sp³-hybridized carbons (Fsp3) is 0.500. The number of nitrogens with zero attached hydrogens (tertiary/aromatic N) is 1. The van der Waals surface area contributed by atoms with Crippen LogP contribution in [0.5, 0.6) is 5.75 Å². The Balaban J connectivity index is 2.81. The van der Waals surface area contributed by atoms with Crippen molar-refractivity contribution in [2.75, 3.05) is 5.73 Å². The lowest BCUT2D eigenvalue weighted by Crippen LogP contribution is -2.11. The Kier molecular flexibility index (Phi) is 3.12. The average molecular weight is 180 g/mol. The molecule has 1 heterocycles. The molecule has 72 valence electrons. The highest BCUT2D eigenvalue weighted by Gasteiger charge is 2.05. The quantitative estimate of drug-likeness (QED) is 0.775. The molecule has 1 aromatic rings. The van der Waals surface area contributed by atoms with Crippen molar-refractivity contribution in [3.8, 4) is 5.75 Å². The first kappa shape index (κ1) is 9.84. The number of hydrogen-bond donors (Lipinski definition) is 1. The summed E-state index contributed by atoms with van der Waals surface area (Å²) in [6.45, 7) is 6.06. The number of anilines is 1. The van der Waals surface area contributed by atoms with Crippen molar-refractivity contribution in [1.29, 1.82) is 0 Å². The maximum Gasteiger partial charge on any atom is 0.166 e. The molecule has 0 aliphatic rings. The van der Waals surface area contributed by atoms with E-state index in [1.165, 1.54) is 0 Å². The Labute approximate surface area is 78.9 Å². The van der Waals surface area contributed by atoms with E-state index >= 15 is 0 Å². The van der Waals surface area contributed by atoms with E-state index < -0.39 is 0 Å². The van der Waals surface area contributed by atoms with E-state index in [9.17, 15) is 0 Å². The van der Waals surface area contributed by atoms with Gasteiger partial charge in [-0.1, -0.05) is 6.92 Å². The summed E-state index contributed by atoms with van der Waals surface area (Å²) in [6.07, 6.45) is 2.89. The number of hydrogen-bond acceptors (Lipinski definition) is 3. The van der Waals surface area contributed by atoms with Crippen LogP contribution in [0.25, 0.3) is 0 Å². The third-order valence-electron chi connectivity index (χ3n) is 1.92. The third kappa shape index (κ3) is 2.61.